The molecule has 1 saturated heterocycles. The summed E-state index contributed by atoms with van der Waals surface area (Å²) in [6, 6.07) is 0. The Morgan fingerprint density at radius 2 is 1.94 bits per heavy atom. The molecule has 0 aromatic rings. The molecule has 0 aliphatic carbocycles. The van der Waals surface area contributed by atoms with Crippen molar-refractivity contribution in [1.29, 1.82) is 0 Å². The van der Waals surface area contributed by atoms with E-state index in [1.165, 1.54) is 0 Å². The first kappa shape index (κ1) is 19.3. The highest BCUT2D eigenvalue weighted by atomic mass is 35.5. The molecule has 1 unspecified atom stereocenters. The monoisotopic (exact) mass is 285 g/mol. The van der Waals surface area contributed by atoms with Crippen molar-refractivity contribution >= 4 is 30.7 Å². The lowest BCUT2D eigenvalue weighted by atomic mass is 10.1. The number of hydrogen-bond donors (Lipinski definition) is 1. The van der Waals surface area contributed by atoms with Gasteiger partial charge in [-0.15, -0.1) is 24.8 Å². The molecule has 6 heteroatoms. The highest BCUT2D eigenvalue weighted by molar-refractivity contribution is 5.85. The molecule has 1 aliphatic heterocycles. The van der Waals surface area contributed by atoms with Crippen LogP contribution < -0.4 is 5.73 Å². The van der Waals surface area contributed by atoms with Crippen molar-refractivity contribution in [3.05, 3.63) is 0 Å². The van der Waals surface area contributed by atoms with E-state index in [0.29, 0.717) is 5.92 Å². The van der Waals surface area contributed by atoms with E-state index in [1.54, 1.807) is 0 Å². The molecule has 0 aromatic heterocycles. The summed E-state index contributed by atoms with van der Waals surface area (Å²) in [5.41, 5.74) is 5.35. The van der Waals surface area contributed by atoms with Crippen molar-refractivity contribution in [2.45, 2.75) is 20.3 Å². The van der Waals surface area contributed by atoms with Crippen LogP contribution in [0.5, 0.6) is 0 Å². The van der Waals surface area contributed by atoms with Crippen LogP contribution in [0.25, 0.3) is 0 Å². The fourth-order valence-electron chi connectivity index (χ4n) is 2.18. The van der Waals surface area contributed by atoms with Gasteiger partial charge in [0.25, 0.3) is 0 Å². The Hall–Kier alpha value is -0.0300. The lowest BCUT2D eigenvalue weighted by Gasteiger charge is -2.22. The third kappa shape index (κ3) is 5.91. The zero-order chi connectivity index (χ0) is 11.3. The number of hydrogen-bond acceptors (Lipinski definition) is 3. The first-order valence-corrected chi connectivity index (χ1v) is 5.91. The average molecular weight is 286 g/mol. The van der Waals surface area contributed by atoms with Gasteiger partial charge in [-0.05, 0) is 25.4 Å². The lowest BCUT2D eigenvalue weighted by molar-refractivity contribution is -0.128. The largest absolute Gasteiger partial charge is 0.341 e. The molecular weight excluding hydrogens is 261 g/mol. The van der Waals surface area contributed by atoms with Gasteiger partial charge < -0.3 is 15.5 Å². The van der Waals surface area contributed by atoms with E-state index in [4.69, 9.17) is 5.73 Å². The van der Waals surface area contributed by atoms with Crippen molar-refractivity contribution < 1.29 is 4.79 Å². The molecule has 4 nitrogen and oxygen atoms in total. The number of amides is 1. The number of halogens is 2. The Bertz CT molecular complexity index is 213. The topological polar surface area (TPSA) is 49.6 Å². The molecule has 0 radical (unpaired) electrons. The first-order chi connectivity index (χ1) is 7.21. The second kappa shape index (κ2) is 9.95. The van der Waals surface area contributed by atoms with Crippen LogP contribution >= 0.6 is 24.8 Å². The van der Waals surface area contributed by atoms with Gasteiger partial charge in [0, 0.05) is 19.6 Å². The molecule has 1 amide bonds. The van der Waals surface area contributed by atoms with Crippen LogP contribution in [0.3, 0.4) is 0 Å². The maximum absolute atomic E-state index is 11.4. The van der Waals surface area contributed by atoms with Crippen LogP contribution in [0.2, 0.25) is 0 Å². The summed E-state index contributed by atoms with van der Waals surface area (Å²) in [7, 11) is 0. The fourth-order valence-corrected chi connectivity index (χ4v) is 2.18. The highest BCUT2D eigenvalue weighted by Gasteiger charge is 2.26. The van der Waals surface area contributed by atoms with E-state index in [-0.39, 0.29) is 37.3 Å². The Balaban J connectivity index is 0. The summed E-state index contributed by atoms with van der Waals surface area (Å²) < 4.78 is 0. The summed E-state index contributed by atoms with van der Waals surface area (Å²) in [6.07, 6.45) is 1.13. The number of carbonyl (C=O) groups is 1. The van der Waals surface area contributed by atoms with Gasteiger partial charge in [0.2, 0.25) is 5.91 Å². The Kier molecular flexibility index (Phi) is 11.3. The molecule has 1 heterocycles. The number of likely N-dealkylation sites (tertiary alicyclic amines) is 1. The van der Waals surface area contributed by atoms with Gasteiger partial charge in [0.1, 0.15) is 0 Å². The molecule has 1 rings (SSSR count). The van der Waals surface area contributed by atoms with Crippen molar-refractivity contribution in [2.24, 2.45) is 11.7 Å². The van der Waals surface area contributed by atoms with E-state index < -0.39 is 0 Å². The third-order valence-electron chi connectivity index (χ3n) is 3.22. The predicted molar refractivity (Wildman–Crippen MR) is 76.0 cm³/mol. The van der Waals surface area contributed by atoms with Crippen molar-refractivity contribution in [1.82, 2.24) is 9.80 Å². The summed E-state index contributed by atoms with van der Waals surface area (Å²) >= 11 is 0. The zero-order valence-corrected chi connectivity index (χ0v) is 12.4. The summed E-state index contributed by atoms with van der Waals surface area (Å²) in [5, 5.41) is 0. The van der Waals surface area contributed by atoms with Crippen LogP contribution in [-0.2, 0) is 4.79 Å². The van der Waals surface area contributed by atoms with Crippen molar-refractivity contribution in [3.8, 4) is 0 Å². The minimum absolute atomic E-state index is 0. The molecule has 104 valence electrons. The summed E-state index contributed by atoms with van der Waals surface area (Å²) in [5.74, 6) is 0.734. The van der Waals surface area contributed by atoms with Gasteiger partial charge >= 0.3 is 0 Å². The molecule has 17 heavy (non-hydrogen) atoms. The van der Waals surface area contributed by atoms with E-state index in [9.17, 15) is 4.79 Å². The van der Waals surface area contributed by atoms with Crippen LogP contribution in [0, 0.1) is 5.92 Å². The second-order valence-corrected chi connectivity index (χ2v) is 4.18. The van der Waals surface area contributed by atoms with Gasteiger partial charge in [0.05, 0.1) is 6.54 Å². The first-order valence-electron chi connectivity index (χ1n) is 5.91. The standard InChI is InChI=1S/C11H23N3O.2ClH/c1-3-13(4-2)8-10-5-6-14(9-10)11(15)7-12;;/h10H,3-9,12H2,1-2H3;2*1H. The van der Waals surface area contributed by atoms with Gasteiger partial charge in [-0.2, -0.15) is 0 Å². The maximum Gasteiger partial charge on any atom is 0.236 e. The Morgan fingerprint density at radius 1 is 1.35 bits per heavy atom. The van der Waals surface area contributed by atoms with Crippen LogP contribution in [0.1, 0.15) is 20.3 Å². The number of nitrogens with zero attached hydrogens (tertiary/aromatic N) is 2. The average Bonchev–Trinajstić information content (AvgIpc) is 2.73. The summed E-state index contributed by atoms with van der Waals surface area (Å²) in [4.78, 5) is 15.7. The molecule has 2 N–H and O–H groups in total. The van der Waals surface area contributed by atoms with Gasteiger partial charge in [-0.3, -0.25) is 4.79 Å². The zero-order valence-electron chi connectivity index (χ0n) is 10.7. The van der Waals surface area contributed by atoms with Crippen LogP contribution in [0.15, 0.2) is 0 Å². The SMILES string of the molecule is CCN(CC)CC1CCN(C(=O)CN)C1.Cl.Cl. The number of carbonyl (C=O) groups excluding carboxylic acids is 1. The highest BCUT2D eigenvalue weighted by Crippen LogP contribution is 2.17. The minimum atomic E-state index is 0. The number of nitrogens with two attached hydrogens (primary N) is 1. The van der Waals surface area contributed by atoms with E-state index >= 15 is 0 Å². The summed E-state index contributed by atoms with van der Waals surface area (Å²) in [6.45, 7) is 9.60. The molecule has 0 aromatic carbocycles. The Morgan fingerprint density at radius 3 is 2.41 bits per heavy atom. The molecule has 1 aliphatic rings. The minimum Gasteiger partial charge on any atom is -0.341 e. The second-order valence-electron chi connectivity index (χ2n) is 4.18. The third-order valence-corrected chi connectivity index (χ3v) is 3.22. The smallest absolute Gasteiger partial charge is 0.236 e. The Labute approximate surface area is 117 Å². The molecule has 0 saturated carbocycles. The van der Waals surface area contributed by atoms with Gasteiger partial charge in [-0.1, -0.05) is 13.8 Å². The van der Waals surface area contributed by atoms with Crippen LogP contribution in [0.4, 0.5) is 0 Å². The van der Waals surface area contributed by atoms with E-state index in [1.807, 2.05) is 4.90 Å². The normalized spacial score (nSPS) is 18.8. The molecular formula is C11H25Cl2N3O. The van der Waals surface area contributed by atoms with Crippen LogP contribution in [-0.4, -0.2) is 55.0 Å². The predicted octanol–water partition coefficient (Wildman–Crippen LogP) is 0.979. The maximum atomic E-state index is 11.4. The lowest BCUT2D eigenvalue weighted by Crippen LogP contribution is -2.36. The van der Waals surface area contributed by atoms with Gasteiger partial charge in [-0.25, -0.2) is 0 Å². The van der Waals surface area contributed by atoms with Crippen molar-refractivity contribution in [2.75, 3.05) is 39.3 Å². The van der Waals surface area contributed by atoms with E-state index in [2.05, 4.69) is 18.7 Å². The molecule has 1 atom stereocenters. The van der Waals surface area contributed by atoms with E-state index in [0.717, 1.165) is 39.1 Å². The fraction of sp³-hybridized carbons (Fsp3) is 0.909. The molecule has 1 fully saturated rings. The molecule has 0 bridgehead atoms. The number of rotatable bonds is 5. The van der Waals surface area contributed by atoms with Crippen molar-refractivity contribution in [3.63, 3.8) is 0 Å². The van der Waals surface area contributed by atoms with Gasteiger partial charge in [0.15, 0.2) is 0 Å². The quantitative estimate of drug-likeness (QED) is 0.819. The molecule has 0 spiro atoms.